The maximum atomic E-state index is 11.9. The molecule has 4 nitrogen and oxygen atoms in total. The maximum Gasteiger partial charge on any atom is 0.319 e. The van der Waals surface area contributed by atoms with Gasteiger partial charge in [0.15, 0.2) is 5.78 Å². The van der Waals surface area contributed by atoms with Crippen LogP contribution in [0.15, 0.2) is 30.3 Å². The second-order valence-corrected chi connectivity index (χ2v) is 3.78. The van der Waals surface area contributed by atoms with Crippen LogP contribution in [0.4, 0.5) is 0 Å². The summed E-state index contributed by atoms with van der Waals surface area (Å²) in [6.45, 7) is 0. The maximum absolute atomic E-state index is 11.9. The van der Waals surface area contributed by atoms with Crippen molar-refractivity contribution in [1.82, 2.24) is 0 Å². The molecular formula is C11H11NO3. The molecule has 1 fully saturated rings. The lowest BCUT2D eigenvalue weighted by molar-refractivity contribution is -0.141. The Morgan fingerprint density at radius 1 is 1.33 bits per heavy atom. The number of carbonyl (C=O) groups excluding carboxylic acids is 1. The standard InChI is InChI=1S/C11H11NO3/c12-8-6-11(8,10(14)15)9(13)7-4-2-1-3-5-7/h1-5,8H,6,12H2,(H,14,15). The van der Waals surface area contributed by atoms with Crippen LogP contribution >= 0.6 is 0 Å². The number of rotatable bonds is 3. The molecule has 0 radical (unpaired) electrons. The van der Waals surface area contributed by atoms with E-state index in [1.54, 1.807) is 30.3 Å². The number of nitrogens with two attached hydrogens (primary N) is 1. The molecule has 1 aliphatic rings. The molecule has 78 valence electrons. The van der Waals surface area contributed by atoms with Crippen LogP contribution in [-0.4, -0.2) is 22.9 Å². The zero-order chi connectivity index (χ0) is 11.1. The smallest absolute Gasteiger partial charge is 0.319 e. The lowest BCUT2D eigenvalue weighted by Crippen LogP contribution is -2.32. The minimum Gasteiger partial charge on any atom is -0.480 e. The summed E-state index contributed by atoms with van der Waals surface area (Å²) in [5, 5.41) is 9.01. The Labute approximate surface area is 86.7 Å². The summed E-state index contributed by atoms with van der Waals surface area (Å²) in [5.41, 5.74) is 4.58. The van der Waals surface area contributed by atoms with Crippen LogP contribution in [0, 0.1) is 5.41 Å². The minimum atomic E-state index is -1.37. The second kappa shape index (κ2) is 3.17. The van der Waals surface area contributed by atoms with Crippen LogP contribution in [0.5, 0.6) is 0 Å². The van der Waals surface area contributed by atoms with Crippen LogP contribution in [-0.2, 0) is 4.79 Å². The molecule has 0 heterocycles. The number of aliphatic carboxylic acids is 1. The van der Waals surface area contributed by atoms with Gasteiger partial charge in [0.2, 0.25) is 0 Å². The molecule has 2 rings (SSSR count). The van der Waals surface area contributed by atoms with Crippen LogP contribution < -0.4 is 5.73 Å². The van der Waals surface area contributed by atoms with E-state index >= 15 is 0 Å². The molecule has 4 heteroatoms. The first-order chi connectivity index (χ1) is 7.09. The average Bonchev–Trinajstić information content (AvgIpc) is 2.92. The molecule has 1 aromatic carbocycles. The average molecular weight is 205 g/mol. The molecule has 1 aromatic rings. The molecule has 0 aromatic heterocycles. The predicted octanol–water partition coefficient (Wildman–Crippen LogP) is 0.671. The van der Waals surface area contributed by atoms with E-state index in [4.69, 9.17) is 10.8 Å². The van der Waals surface area contributed by atoms with Crippen molar-refractivity contribution < 1.29 is 14.7 Å². The summed E-state index contributed by atoms with van der Waals surface area (Å²) in [7, 11) is 0. The highest BCUT2D eigenvalue weighted by Crippen LogP contribution is 2.47. The van der Waals surface area contributed by atoms with E-state index < -0.39 is 17.4 Å². The number of carboxylic acids is 1. The molecular weight excluding hydrogens is 194 g/mol. The van der Waals surface area contributed by atoms with Gasteiger partial charge in [0.1, 0.15) is 5.41 Å². The first-order valence-corrected chi connectivity index (χ1v) is 4.68. The van der Waals surface area contributed by atoms with Gasteiger partial charge in [-0.3, -0.25) is 9.59 Å². The number of ketones is 1. The Balaban J connectivity index is 2.33. The number of hydrogen-bond donors (Lipinski definition) is 2. The molecule has 1 aliphatic carbocycles. The number of Topliss-reactive ketones (excluding diaryl/α,β-unsaturated/α-hetero) is 1. The molecule has 0 aliphatic heterocycles. The zero-order valence-corrected chi connectivity index (χ0v) is 8.01. The van der Waals surface area contributed by atoms with Gasteiger partial charge in [-0.05, 0) is 6.42 Å². The van der Waals surface area contributed by atoms with E-state index in [2.05, 4.69) is 0 Å². The van der Waals surface area contributed by atoms with Gasteiger partial charge in [0, 0.05) is 11.6 Å². The first-order valence-electron chi connectivity index (χ1n) is 4.68. The molecule has 15 heavy (non-hydrogen) atoms. The Bertz CT molecular complexity index is 415. The van der Waals surface area contributed by atoms with Gasteiger partial charge in [0.05, 0.1) is 0 Å². The van der Waals surface area contributed by atoms with Crippen LogP contribution in [0.25, 0.3) is 0 Å². The molecule has 0 amide bonds. The van der Waals surface area contributed by atoms with E-state index in [9.17, 15) is 9.59 Å². The van der Waals surface area contributed by atoms with Crippen LogP contribution in [0.1, 0.15) is 16.8 Å². The molecule has 0 saturated heterocycles. The van der Waals surface area contributed by atoms with E-state index in [0.717, 1.165) is 0 Å². The van der Waals surface area contributed by atoms with Crippen LogP contribution in [0.3, 0.4) is 0 Å². The van der Waals surface area contributed by atoms with Gasteiger partial charge < -0.3 is 10.8 Å². The molecule has 3 N–H and O–H groups in total. The van der Waals surface area contributed by atoms with Crippen molar-refractivity contribution in [1.29, 1.82) is 0 Å². The Morgan fingerprint density at radius 3 is 2.27 bits per heavy atom. The van der Waals surface area contributed by atoms with Crippen molar-refractivity contribution >= 4 is 11.8 Å². The topological polar surface area (TPSA) is 80.4 Å². The lowest BCUT2D eigenvalue weighted by Gasteiger charge is -2.09. The highest BCUT2D eigenvalue weighted by atomic mass is 16.4. The van der Waals surface area contributed by atoms with Crippen molar-refractivity contribution in [3.05, 3.63) is 35.9 Å². The third kappa shape index (κ3) is 1.34. The SMILES string of the molecule is NC1CC1(C(=O)O)C(=O)c1ccccc1. The summed E-state index contributed by atoms with van der Waals surface area (Å²) in [6, 6.07) is 7.85. The number of carbonyl (C=O) groups is 2. The number of carboxylic acid groups (broad SMARTS) is 1. The summed E-state index contributed by atoms with van der Waals surface area (Å²) < 4.78 is 0. The molecule has 0 spiro atoms. The van der Waals surface area contributed by atoms with Crippen molar-refractivity contribution in [2.24, 2.45) is 11.1 Å². The Hall–Kier alpha value is -1.68. The van der Waals surface area contributed by atoms with Gasteiger partial charge in [-0.2, -0.15) is 0 Å². The van der Waals surface area contributed by atoms with Crippen molar-refractivity contribution in [3.8, 4) is 0 Å². The molecule has 2 atom stereocenters. The summed E-state index contributed by atoms with van der Waals surface area (Å²) in [5.74, 6) is -1.51. The van der Waals surface area contributed by atoms with Gasteiger partial charge in [-0.1, -0.05) is 30.3 Å². The highest BCUT2D eigenvalue weighted by molar-refractivity contribution is 6.15. The van der Waals surface area contributed by atoms with Gasteiger partial charge in [-0.15, -0.1) is 0 Å². The fraction of sp³-hybridized carbons (Fsp3) is 0.273. The fourth-order valence-electron chi connectivity index (χ4n) is 1.74. The van der Waals surface area contributed by atoms with Gasteiger partial charge >= 0.3 is 5.97 Å². The summed E-state index contributed by atoms with van der Waals surface area (Å²) in [6.07, 6.45) is 0.232. The van der Waals surface area contributed by atoms with E-state index in [-0.39, 0.29) is 12.2 Å². The van der Waals surface area contributed by atoms with E-state index in [1.165, 1.54) is 0 Å². The first kappa shape index (κ1) is 9.86. The second-order valence-electron chi connectivity index (χ2n) is 3.78. The third-order valence-corrected chi connectivity index (χ3v) is 2.84. The minimum absolute atomic E-state index is 0.232. The highest BCUT2D eigenvalue weighted by Gasteiger charge is 2.64. The quantitative estimate of drug-likeness (QED) is 0.561. The van der Waals surface area contributed by atoms with Crippen molar-refractivity contribution in [2.45, 2.75) is 12.5 Å². The Kier molecular flexibility index (Phi) is 2.08. The summed E-state index contributed by atoms with van der Waals surface area (Å²) >= 11 is 0. The lowest BCUT2D eigenvalue weighted by atomic mass is 9.94. The molecule has 0 bridgehead atoms. The third-order valence-electron chi connectivity index (χ3n) is 2.84. The molecule has 2 unspecified atom stereocenters. The fourth-order valence-corrected chi connectivity index (χ4v) is 1.74. The predicted molar refractivity (Wildman–Crippen MR) is 53.4 cm³/mol. The van der Waals surface area contributed by atoms with Crippen molar-refractivity contribution in [2.75, 3.05) is 0 Å². The Morgan fingerprint density at radius 2 is 1.87 bits per heavy atom. The number of benzene rings is 1. The van der Waals surface area contributed by atoms with Gasteiger partial charge in [-0.25, -0.2) is 0 Å². The normalized spacial score (nSPS) is 28.5. The monoisotopic (exact) mass is 205 g/mol. The van der Waals surface area contributed by atoms with Gasteiger partial charge in [0.25, 0.3) is 0 Å². The van der Waals surface area contributed by atoms with Crippen LogP contribution in [0.2, 0.25) is 0 Å². The van der Waals surface area contributed by atoms with E-state index in [0.29, 0.717) is 5.56 Å². The van der Waals surface area contributed by atoms with Crippen molar-refractivity contribution in [3.63, 3.8) is 0 Å². The molecule has 1 saturated carbocycles. The zero-order valence-electron chi connectivity index (χ0n) is 8.01. The largest absolute Gasteiger partial charge is 0.480 e. The summed E-state index contributed by atoms with van der Waals surface area (Å²) in [4.78, 5) is 22.9. The number of hydrogen-bond acceptors (Lipinski definition) is 3. The van der Waals surface area contributed by atoms with E-state index in [1.807, 2.05) is 0 Å².